The van der Waals surface area contributed by atoms with Gasteiger partial charge in [-0.3, -0.25) is 9.59 Å². The third kappa shape index (κ3) is 3.81. The van der Waals surface area contributed by atoms with E-state index in [1.165, 1.54) is 12.1 Å². The molecule has 0 aliphatic carbocycles. The summed E-state index contributed by atoms with van der Waals surface area (Å²) in [6, 6.07) is 19.3. The Kier molecular flexibility index (Phi) is 5.17. The van der Waals surface area contributed by atoms with Crippen LogP contribution in [0.1, 0.15) is 31.8 Å². The number of hydrogen-bond donors (Lipinski definition) is 4. The molecule has 38 heavy (non-hydrogen) atoms. The highest BCUT2D eigenvalue weighted by Crippen LogP contribution is 2.42. The molecule has 8 nitrogen and oxygen atoms in total. The topological polar surface area (TPSA) is 134 Å². The summed E-state index contributed by atoms with van der Waals surface area (Å²) in [7, 11) is 0. The summed E-state index contributed by atoms with van der Waals surface area (Å²) in [6.07, 6.45) is 3.10. The first kappa shape index (κ1) is 22.9. The van der Waals surface area contributed by atoms with Crippen LogP contribution < -0.4 is 9.47 Å². The monoisotopic (exact) mass is 506 g/mol. The largest absolute Gasteiger partial charge is 0.508 e. The first-order valence-electron chi connectivity index (χ1n) is 11.5. The van der Waals surface area contributed by atoms with Gasteiger partial charge in [0, 0.05) is 24.3 Å². The van der Waals surface area contributed by atoms with Gasteiger partial charge in [-0.05, 0) is 40.5 Å². The predicted molar refractivity (Wildman–Crippen MR) is 137 cm³/mol. The Labute approximate surface area is 215 Å². The number of allylic oxidation sites excluding steroid dienone is 2. The second-order valence-corrected chi connectivity index (χ2v) is 8.77. The number of carbonyl (C=O) groups excluding carboxylic acids is 2. The Morgan fingerprint density at radius 2 is 1.18 bits per heavy atom. The van der Waals surface area contributed by atoms with E-state index in [0.717, 1.165) is 23.3 Å². The van der Waals surface area contributed by atoms with Crippen molar-refractivity contribution in [2.45, 2.75) is 0 Å². The molecule has 0 bridgehead atoms. The van der Waals surface area contributed by atoms with E-state index >= 15 is 0 Å². The summed E-state index contributed by atoms with van der Waals surface area (Å²) >= 11 is 0. The van der Waals surface area contributed by atoms with E-state index in [0.29, 0.717) is 11.1 Å². The van der Waals surface area contributed by atoms with Crippen LogP contribution in [0.3, 0.4) is 0 Å². The van der Waals surface area contributed by atoms with Gasteiger partial charge in [0.2, 0.25) is 11.6 Å². The SMILES string of the molecule is O=C1/C(=C/c2cccc(-c3ccccc3/C=C3\Oc4cc(O)cc(O)c4C3=O)c2)Oc2cc(O)cc(O)c21. The molecule has 2 aliphatic heterocycles. The molecule has 0 unspecified atom stereocenters. The number of ether oxygens (including phenoxy) is 2. The molecule has 0 fully saturated rings. The minimum Gasteiger partial charge on any atom is -0.508 e. The van der Waals surface area contributed by atoms with E-state index in [9.17, 15) is 30.0 Å². The number of benzene rings is 4. The van der Waals surface area contributed by atoms with Crippen molar-refractivity contribution in [1.82, 2.24) is 0 Å². The number of rotatable bonds is 3. The standard InChI is InChI=1S/C30H18O8/c31-18-11-21(33)27-23(13-18)37-25(29(27)35)9-15-4-3-6-16(8-15)20-7-2-1-5-17(20)10-26-30(36)28-22(34)12-19(32)14-24(28)38-26/h1-14,31-34H/b25-9-,26-10-. The van der Waals surface area contributed by atoms with Crippen molar-refractivity contribution in [1.29, 1.82) is 0 Å². The highest BCUT2D eigenvalue weighted by molar-refractivity contribution is 6.17. The normalized spacial score (nSPS) is 15.9. The lowest BCUT2D eigenvalue weighted by Crippen LogP contribution is -1.99. The van der Waals surface area contributed by atoms with Crippen molar-refractivity contribution >= 4 is 23.7 Å². The fraction of sp³-hybridized carbons (Fsp3) is 0. The summed E-state index contributed by atoms with van der Waals surface area (Å²) in [5.41, 5.74) is 2.83. The summed E-state index contributed by atoms with van der Waals surface area (Å²) in [5.74, 6) is -2.02. The van der Waals surface area contributed by atoms with Gasteiger partial charge in [-0.15, -0.1) is 0 Å². The number of fused-ring (bicyclic) bond motifs is 2. The molecular weight excluding hydrogens is 488 g/mol. The predicted octanol–water partition coefficient (Wildman–Crippen LogP) is 5.41. The van der Waals surface area contributed by atoms with E-state index < -0.39 is 11.6 Å². The molecule has 4 N–H and O–H groups in total. The Bertz CT molecular complexity index is 1750. The maximum absolute atomic E-state index is 12.9. The number of Topliss-reactive ketones (excluding diaryl/α,β-unsaturated/α-hetero) is 2. The van der Waals surface area contributed by atoms with Crippen molar-refractivity contribution in [2.75, 3.05) is 0 Å². The zero-order valence-corrected chi connectivity index (χ0v) is 19.5. The molecule has 0 spiro atoms. The lowest BCUT2D eigenvalue weighted by molar-refractivity contribution is 0.100. The third-order valence-electron chi connectivity index (χ3n) is 6.22. The summed E-state index contributed by atoms with van der Waals surface area (Å²) in [5, 5.41) is 39.6. The van der Waals surface area contributed by atoms with Gasteiger partial charge in [-0.2, -0.15) is 0 Å². The number of ketones is 2. The summed E-state index contributed by atoms with van der Waals surface area (Å²) in [4.78, 5) is 25.7. The number of phenolic OH excluding ortho intramolecular Hbond substituents is 4. The fourth-order valence-corrected chi connectivity index (χ4v) is 4.53. The average molecular weight is 506 g/mol. The quantitative estimate of drug-likeness (QED) is 0.271. The van der Waals surface area contributed by atoms with E-state index in [1.54, 1.807) is 30.4 Å². The molecule has 4 aromatic rings. The maximum atomic E-state index is 12.9. The van der Waals surface area contributed by atoms with Gasteiger partial charge in [-0.25, -0.2) is 0 Å². The van der Waals surface area contributed by atoms with Gasteiger partial charge >= 0.3 is 0 Å². The Morgan fingerprint density at radius 3 is 1.82 bits per heavy atom. The van der Waals surface area contributed by atoms with Crippen molar-refractivity contribution < 1.29 is 39.5 Å². The molecule has 0 radical (unpaired) electrons. The molecule has 8 heteroatoms. The highest BCUT2D eigenvalue weighted by Gasteiger charge is 2.32. The van der Waals surface area contributed by atoms with Crippen LogP contribution in [0.2, 0.25) is 0 Å². The zero-order chi connectivity index (χ0) is 26.6. The fourth-order valence-electron chi connectivity index (χ4n) is 4.53. The smallest absolute Gasteiger partial charge is 0.235 e. The Hall–Kier alpha value is -5.50. The van der Waals surface area contributed by atoms with Crippen LogP contribution in [0.4, 0.5) is 0 Å². The van der Waals surface area contributed by atoms with Crippen molar-refractivity contribution in [3.63, 3.8) is 0 Å². The van der Waals surface area contributed by atoms with Gasteiger partial charge in [0.05, 0.1) is 0 Å². The van der Waals surface area contributed by atoms with E-state index in [1.807, 2.05) is 30.3 Å². The van der Waals surface area contributed by atoms with E-state index in [2.05, 4.69) is 0 Å². The second kappa shape index (κ2) is 8.56. The van der Waals surface area contributed by atoms with Crippen LogP contribution >= 0.6 is 0 Å². The van der Waals surface area contributed by atoms with Crippen LogP contribution in [-0.4, -0.2) is 32.0 Å². The number of carbonyl (C=O) groups is 2. The van der Waals surface area contributed by atoms with Crippen molar-refractivity contribution in [3.05, 3.63) is 107 Å². The lowest BCUT2D eigenvalue weighted by Gasteiger charge is -2.08. The van der Waals surface area contributed by atoms with Crippen molar-refractivity contribution in [3.8, 4) is 45.6 Å². The van der Waals surface area contributed by atoms with Crippen LogP contribution in [0.15, 0.2) is 84.3 Å². The molecular formula is C30H18O8. The minimum atomic E-state index is -0.503. The van der Waals surface area contributed by atoms with Gasteiger partial charge < -0.3 is 29.9 Å². The molecule has 4 aromatic carbocycles. The van der Waals surface area contributed by atoms with Gasteiger partial charge in [-0.1, -0.05) is 42.5 Å². The number of phenols is 4. The van der Waals surface area contributed by atoms with E-state index in [-0.39, 0.29) is 57.1 Å². The Balaban J connectivity index is 1.35. The maximum Gasteiger partial charge on any atom is 0.235 e. The van der Waals surface area contributed by atoms with Crippen LogP contribution in [-0.2, 0) is 0 Å². The Morgan fingerprint density at radius 1 is 0.605 bits per heavy atom. The number of aromatic hydroxyl groups is 4. The highest BCUT2D eigenvalue weighted by atomic mass is 16.5. The first-order valence-corrected chi connectivity index (χ1v) is 11.5. The summed E-state index contributed by atoms with van der Waals surface area (Å²) in [6.45, 7) is 0. The first-order chi connectivity index (χ1) is 18.3. The molecule has 0 saturated heterocycles. The van der Waals surface area contributed by atoms with Gasteiger partial charge in [0.1, 0.15) is 45.6 Å². The lowest BCUT2D eigenvalue weighted by atomic mass is 9.96. The van der Waals surface area contributed by atoms with Gasteiger partial charge in [0.25, 0.3) is 0 Å². The van der Waals surface area contributed by atoms with Crippen LogP contribution in [0.25, 0.3) is 23.3 Å². The molecule has 0 amide bonds. The molecule has 6 rings (SSSR count). The molecule has 2 aliphatic rings. The number of hydrogen-bond acceptors (Lipinski definition) is 8. The molecule has 0 atom stereocenters. The van der Waals surface area contributed by atoms with Crippen molar-refractivity contribution in [2.24, 2.45) is 0 Å². The average Bonchev–Trinajstić information content (AvgIpc) is 3.35. The molecule has 0 aromatic heterocycles. The van der Waals surface area contributed by atoms with Crippen LogP contribution in [0.5, 0.6) is 34.5 Å². The second-order valence-electron chi connectivity index (χ2n) is 8.77. The molecule has 2 heterocycles. The molecule has 0 saturated carbocycles. The summed E-state index contributed by atoms with van der Waals surface area (Å²) < 4.78 is 11.2. The molecule has 186 valence electrons. The third-order valence-corrected chi connectivity index (χ3v) is 6.22. The zero-order valence-electron chi connectivity index (χ0n) is 19.5. The minimum absolute atomic E-state index is 0.000713. The van der Waals surface area contributed by atoms with E-state index in [4.69, 9.17) is 9.47 Å². The van der Waals surface area contributed by atoms with Crippen LogP contribution in [0, 0.1) is 0 Å². The van der Waals surface area contributed by atoms with Gasteiger partial charge in [0.15, 0.2) is 11.5 Å².